The van der Waals surface area contributed by atoms with Crippen molar-refractivity contribution in [2.24, 2.45) is 7.05 Å². The van der Waals surface area contributed by atoms with Gasteiger partial charge in [0.2, 0.25) is 0 Å². The molecule has 22 heavy (non-hydrogen) atoms. The molecule has 118 valence electrons. The van der Waals surface area contributed by atoms with Gasteiger partial charge >= 0.3 is 0 Å². The highest BCUT2D eigenvalue weighted by atomic mass is 15.4. The zero-order valence-corrected chi connectivity index (χ0v) is 13.7. The molecule has 6 nitrogen and oxygen atoms in total. The third-order valence-corrected chi connectivity index (χ3v) is 5.26. The monoisotopic (exact) mass is 300 g/mol. The van der Waals surface area contributed by atoms with Crippen molar-refractivity contribution in [3.8, 4) is 0 Å². The van der Waals surface area contributed by atoms with Crippen molar-refractivity contribution in [2.75, 3.05) is 51.2 Å². The first-order valence-electron chi connectivity index (χ1n) is 8.08. The number of likely N-dealkylation sites (N-methyl/N-ethyl adjacent to an activating group) is 1. The second-order valence-corrected chi connectivity index (χ2v) is 6.67. The van der Waals surface area contributed by atoms with Gasteiger partial charge in [0, 0.05) is 58.1 Å². The van der Waals surface area contributed by atoms with Crippen LogP contribution in [-0.4, -0.2) is 76.7 Å². The summed E-state index contributed by atoms with van der Waals surface area (Å²) in [4.78, 5) is 16.4. The predicted octanol–water partition coefficient (Wildman–Crippen LogP) is 0.713. The molecule has 6 heteroatoms. The van der Waals surface area contributed by atoms with Gasteiger partial charge in [-0.3, -0.25) is 4.90 Å². The molecule has 2 fully saturated rings. The second kappa shape index (κ2) is 5.21. The van der Waals surface area contributed by atoms with Gasteiger partial charge in [-0.05, 0) is 20.0 Å². The maximum absolute atomic E-state index is 4.56. The van der Waals surface area contributed by atoms with Gasteiger partial charge in [0.05, 0.1) is 5.52 Å². The Balaban J connectivity index is 1.51. The van der Waals surface area contributed by atoms with Crippen molar-refractivity contribution in [2.45, 2.75) is 13.0 Å². The molecule has 4 rings (SSSR count). The van der Waals surface area contributed by atoms with Crippen LogP contribution in [-0.2, 0) is 7.05 Å². The summed E-state index contributed by atoms with van der Waals surface area (Å²) in [5, 5.41) is 0. The first kappa shape index (κ1) is 14.0. The van der Waals surface area contributed by atoms with Gasteiger partial charge < -0.3 is 14.4 Å². The van der Waals surface area contributed by atoms with Crippen LogP contribution in [0.15, 0.2) is 12.4 Å². The minimum atomic E-state index is 0.681. The maximum atomic E-state index is 4.56. The van der Waals surface area contributed by atoms with E-state index in [4.69, 9.17) is 0 Å². The van der Waals surface area contributed by atoms with Crippen LogP contribution in [0.3, 0.4) is 0 Å². The lowest BCUT2D eigenvalue weighted by Crippen LogP contribution is -2.63. The van der Waals surface area contributed by atoms with E-state index in [0.717, 1.165) is 29.9 Å². The van der Waals surface area contributed by atoms with Crippen LogP contribution in [0.1, 0.15) is 5.69 Å². The first-order chi connectivity index (χ1) is 10.6. The molecule has 0 saturated carbocycles. The van der Waals surface area contributed by atoms with Crippen molar-refractivity contribution >= 4 is 16.9 Å². The van der Waals surface area contributed by atoms with Crippen molar-refractivity contribution in [3.05, 3.63) is 18.1 Å². The fourth-order valence-corrected chi connectivity index (χ4v) is 3.56. The largest absolute Gasteiger partial charge is 0.351 e. The van der Waals surface area contributed by atoms with E-state index in [1.807, 2.05) is 0 Å². The summed E-state index contributed by atoms with van der Waals surface area (Å²) in [5.74, 6) is 1.09. The Morgan fingerprint density at radius 2 is 1.77 bits per heavy atom. The van der Waals surface area contributed by atoms with Gasteiger partial charge in [0.25, 0.3) is 0 Å². The van der Waals surface area contributed by atoms with Gasteiger partial charge in [-0.15, -0.1) is 0 Å². The molecule has 0 aliphatic carbocycles. The molecule has 4 heterocycles. The Labute approximate surface area is 131 Å². The zero-order valence-electron chi connectivity index (χ0n) is 13.7. The van der Waals surface area contributed by atoms with E-state index in [1.54, 1.807) is 6.33 Å². The lowest BCUT2D eigenvalue weighted by atomic mass is 10.1. The summed E-state index contributed by atoms with van der Waals surface area (Å²) in [5.41, 5.74) is 3.44. The van der Waals surface area contributed by atoms with Gasteiger partial charge in [-0.1, -0.05) is 0 Å². The third-order valence-electron chi connectivity index (χ3n) is 5.26. The van der Waals surface area contributed by atoms with Gasteiger partial charge in [0.15, 0.2) is 5.82 Å². The normalized spacial score (nSPS) is 21.5. The Morgan fingerprint density at radius 1 is 1.05 bits per heavy atom. The average molecular weight is 300 g/mol. The summed E-state index contributed by atoms with van der Waals surface area (Å²) >= 11 is 0. The van der Waals surface area contributed by atoms with Crippen LogP contribution < -0.4 is 4.90 Å². The molecule has 0 bridgehead atoms. The number of aryl methyl sites for hydroxylation is 2. The Morgan fingerprint density at radius 3 is 2.50 bits per heavy atom. The summed E-state index contributed by atoms with van der Waals surface area (Å²) in [6.45, 7) is 9.04. The lowest BCUT2D eigenvalue weighted by Gasteiger charge is -2.48. The van der Waals surface area contributed by atoms with Crippen LogP contribution >= 0.6 is 0 Å². The van der Waals surface area contributed by atoms with Gasteiger partial charge in [0.1, 0.15) is 11.8 Å². The third kappa shape index (κ3) is 2.18. The minimum absolute atomic E-state index is 0.681. The molecule has 0 amide bonds. The molecule has 2 aromatic heterocycles. The molecule has 0 aromatic carbocycles. The highest BCUT2D eigenvalue weighted by Gasteiger charge is 2.35. The predicted molar refractivity (Wildman–Crippen MR) is 88.3 cm³/mol. The van der Waals surface area contributed by atoms with Gasteiger partial charge in [-0.2, -0.15) is 0 Å². The summed E-state index contributed by atoms with van der Waals surface area (Å²) in [6, 6.07) is 2.82. The summed E-state index contributed by atoms with van der Waals surface area (Å²) in [7, 11) is 4.31. The number of aromatic nitrogens is 3. The number of hydrogen-bond donors (Lipinski definition) is 0. The SMILES string of the molecule is Cc1cc2ncnc(N3CC(N4CCN(C)CC4)C3)c2n1C. The van der Waals surface area contributed by atoms with Crippen molar-refractivity contribution < 1.29 is 0 Å². The van der Waals surface area contributed by atoms with E-state index >= 15 is 0 Å². The lowest BCUT2D eigenvalue weighted by molar-refractivity contribution is 0.0961. The first-order valence-corrected chi connectivity index (χ1v) is 8.08. The van der Waals surface area contributed by atoms with Gasteiger partial charge in [-0.25, -0.2) is 9.97 Å². The second-order valence-electron chi connectivity index (χ2n) is 6.67. The zero-order chi connectivity index (χ0) is 15.3. The molecule has 2 aliphatic heterocycles. The Bertz CT molecular complexity index is 679. The molecule has 2 aliphatic rings. The standard InChI is InChI=1S/C16H24N6/c1-12-8-14-15(20(12)3)16(18-11-17-14)22-9-13(10-22)21-6-4-19(2)5-7-21/h8,11,13H,4-7,9-10H2,1-3H3. The summed E-state index contributed by atoms with van der Waals surface area (Å²) in [6.07, 6.45) is 1.69. The minimum Gasteiger partial charge on any atom is -0.351 e. The molecule has 2 saturated heterocycles. The molecular formula is C16H24N6. The van der Waals surface area contributed by atoms with E-state index in [0.29, 0.717) is 6.04 Å². The molecular weight excluding hydrogens is 276 g/mol. The van der Waals surface area contributed by atoms with Crippen LogP contribution in [0.5, 0.6) is 0 Å². The fourth-order valence-electron chi connectivity index (χ4n) is 3.56. The van der Waals surface area contributed by atoms with Crippen LogP contribution in [0.25, 0.3) is 11.0 Å². The van der Waals surface area contributed by atoms with Crippen molar-refractivity contribution in [1.29, 1.82) is 0 Å². The van der Waals surface area contributed by atoms with Crippen LogP contribution in [0, 0.1) is 6.92 Å². The number of rotatable bonds is 2. The highest BCUT2D eigenvalue weighted by molar-refractivity contribution is 5.88. The molecule has 0 radical (unpaired) electrons. The topological polar surface area (TPSA) is 40.4 Å². The Kier molecular flexibility index (Phi) is 3.31. The summed E-state index contributed by atoms with van der Waals surface area (Å²) < 4.78 is 2.20. The number of anilines is 1. The number of nitrogens with zero attached hydrogens (tertiary/aromatic N) is 6. The molecule has 2 aromatic rings. The number of fused-ring (bicyclic) bond motifs is 1. The quantitative estimate of drug-likeness (QED) is 0.817. The molecule has 0 spiro atoms. The van der Waals surface area contributed by atoms with Crippen molar-refractivity contribution in [3.63, 3.8) is 0 Å². The number of hydrogen-bond acceptors (Lipinski definition) is 5. The fraction of sp³-hybridized carbons (Fsp3) is 0.625. The van der Waals surface area contributed by atoms with Crippen molar-refractivity contribution in [1.82, 2.24) is 24.3 Å². The molecule has 0 atom stereocenters. The van der Waals surface area contributed by atoms with Crippen LogP contribution in [0.2, 0.25) is 0 Å². The Hall–Kier alpha value is -1.66. The van der Waals surface area contributed by atoms with E-state index in [-0.39, 0.29) is 0 Å². The van der Waals surface area contributed by atoms with E-state index < -0.39 is 0 Å². The van der Waals surface area contributed by atoms with E-state index in [2.05, 4.69) is 56.3 Å². The molecule has 0 N–H and O–H groups in total. The maximum Gasteiger partial charge on any atom is 0.156 e. The number of piperazine rings is 1. The van der Waals surface area contributed by atoms with E-state index in [9.17, 15) is 0 Å². The van der Waals surface area contributed by atoms with Crippen LogP contribution in [0.4, 0.5) is 5.82 Å². The molecule has 0 unspecified atom stereocenters. The smallest absolute Gasteiger partial charge is 0.156 e. The average Bonchev–Trinajstić information content (AvgIpc) is 2.75. The highest BCUT2D eigenvalue weighted by Crippen LogP contribution is 2.29. The van der Waals surface area contributed by atoms with E-state index in [1.165, 1.54) is 31.9 Å².